The largest absolute Gasteiger partial charge is 0.390 e. The Morgan fingerprint density at radius 3 is 2.57 bits per heavy atom. The number of anilines is 1. The normalized spacial score (nSPS) is 22.7. The summed E-state index contributed by atoms with van der Waals surface area (Å²) in [5, 5.41) is 18.7. The number of pyridine rings is 2. The Bertz CT molecular complexity index is 1790. The van der Waals surface area contributed by atoms with Crippen LogP contribution in [0.4, 0.5) is 10.2 Å². The van der Waals surface area contributed by atoms with Crippen LogP contribution in [0.5, 0.6) is 0 Å². The van der Waals surface area contributed by atoms with E-state index in [4.69, 9.17) is 0 Å². The van der Waals surface area contributed by atoms with Crippen LogP contribution in [-0.4, -0.2) is 75.5 Å². The lowest BCUT2D eigenvalue weighted by Crippen LogP contribution is -2.51. The number of piperidine rings is 1. The highest BCUT2D eigenvalue weighted by Crippen LogP contribution is 2.59. The first-order chi connectivity index (χ1) is 19.9. The van der Waals surface area contributed by atoms with E-state index in [-0.39, 0.29) is 34.5 Å². The molecule has 1 aliphatic carbocycles. The van der Waals surface area contributed by atoms with E-state index in [1.807, 2.05) is 6.92 Å². The van der Waals surface area contributed by atoms with Gasteiger partial charge in [-0.15, -0.1) is 0 Å². The van der Waals surface area contributed by atoms with E-state index in [0.717, 1.165) is 0 Å². The van der Waals surface area contributed by atoms with E-state index in [2.05, 4.69) is 46.3 Å². The van der Waals surface area contributed by atoms with Crippen LogP contribution in [0.1, 0.15) is 42.1 Å². The summed E-state index contributed by atoms with van der Waals surface area (Å²) in [4.78, 5) is 58.1. The molecule has 0 radical (unpaired) electrons. The van der Waals surface area contributed by atoms with Crippen LogP contribution in [0.2, 0.25) is 0 Å². The summed E-state index contributed by atoms with van der Waals surface area (Å²) >= 11 is 3.02. The third-order valence-electron chi connectivity index (χ3n) is 8.10. The molecule has 5 heterocycles. The molecule has 42 heavy (non-hydrogen) atoms. The highest BCUT2D eigenvalue weighted by atomic mass is 79.9. The molecule has 2 amide bonds. The predicted molar refractivity (Wildman–Crippen MR) is 152 cm³/mol. The predicted octanol–water partition coefficient (Wildman–Crippen LogP) is 2.99. The number of aliphatic hydroxyl groups is 1. The highest BCUT2D eigenvalue weighted by Gasteiger charge is 2.70. The number of aryl methyl sites for hydroxylation is 2. The van der Waals surface area contributed by atoms with Gasteiger partial charge in [0, 0.05) is 41.7 Å². The summed E-state index contributed by atoms with van der Waals surface area (Å²) in [6, 6.07) is 1.37. The molecule has 2 aliphatic rings. The van der Waals surface area contributed by atoms with Gasteiger partial charge in [-0.05, 0) is 53.9 Å². The maximum Gasteiger partial charge on any atom is 0.251 e. The van der Waals surface area contributed by atoms with E-state index in [0.29, 0.717) is 40.0 Å². The number of fused-ring (bicyclic) bond motifs is 2. The number of Topliss-reactive ketones (excluding diaryl/α,β-unsaturated/α-hetero) is 1. The van der Waals surface area contributed by atoms with Crippen LogP contribution < -0.4 is 5.32 Å². The Labute approximate surface area is 247 Å². The van der Waals surface area contributed by atoms with Gasteiger partial charge in [0.05, 0.1) is 23.5 Å². The molecule has 4 aromatic heterocycles. The fraction of sp³-hybridized carbons (Fsp3) is 0.357. The number of aliphatic hydroxyl groups excluding tert-OH is 1. The first-order valence-electron chi connectivity index (χ1n) is 13.2. The Hall–Kier alpha value is -4.17. The molecule has 1 saturated heterocycles. The molecule has 2 N–H and O–H groups in total. The standard InChI is InChI=1S/C28H26BrFN8O4/c1-12-5-17(30)25(29)34-26(12)35-27(42)23-24(41)28(4)7-20(28)38(23)21(40)11-37-19-10-33-18(15-8-31-14(3)32-9-15)6-16(19)22(36-37)13(2)39/h5-6,8-10,20,23-24,41H,7,11H2,1-4H3,(H,34,35,42)/t20-,23+,24-,28+/m1/s1. The molecule has 1 saturated carbocycles. The minimum Gasteiger partial charge on any atom is -0.390 e. The number of ketones is 1. The maximum atomic E-state index is 13.9. The number of hydrogen-bond donors (Lipinski definition) is 2. The zero-order valence-corrected chi connectivity index (χ0v) is 24.7. The quantitative estimate of drug-likeness (QED) is 0.240. The summed E-state index contributed by atoms with van der Waals surface area (Å²) in [6.45, 7) is 6.28. The van der Waals surface area contributed by atoms with Crippen LogP contribution in [0, 0.1) is 25.1 Å². The highest BCUT2D eigenvalue weighted by molar-refractivity contribution is 9.10. The topological polar surface area (TPSA) is 156 Å². The van der Waals surface area contributed by atoms with Crippen molar-refractivity contribution in [2.75, 3.05) is 5.32 Å². The van der Waals surface area contributed by atoms with Gasteiger partial charge in [0.1, 0.15) is 34.5 Å². The first kappa shape index (κ1) is 28.0. The molecular weight excluding hydrogens is 611 g/mol. The number of halogens is 2. The number of hydrogen-bond acceptors (Lipinski definition) is 9. The fourth-order valence-electron chi connectivity index (χ4n) is 5.62. The van der Waals surface area contributed by atoms with Crippen molar-refractivity contribution in [3.63, 3.8) is 0 Å². The molecule has 4 atom stereocenters. The smallest absolute Gasteiger partial charge is 0.251 e. The fourth-order valence-corrected chi connectivity index (χ4v) is 5.91. The molecule has 0 unspecified atom stereocenters. The SMILES string of the molecule is CC(=O)c1nn(CC(=O)N2[C@H](C(=O)Nc3nc(Br)c(F)cc3C)[C@@H](O)[C@@]3(C)C[C@@H]23)c2cnc(-c3cnc(C)nc3)cc12. The van der Waals surface area contributed by atoms with E-state index in [1.165, 1.54) is 28.8 Å². The van der Waals surface area contributed by atoms with Crippen molar-refractivity contribution in [1.82, 2.24) is 34.6 Å². The second-order valence-corrected chi connectivity index (χ2v) is 11.8. The Balaban J connectivity index is 1.31. The summed E-state index contributed by atoms with van der Waals surface area (Å²) < 4.78 is 15.2. The number of aromatic nitrogens is 6. The number of carbonyl (C=O) groups excluding carboxylic acids is 3. The number of likely N-dealkylation sites (tertiary alicyclic amines) is 1. The molecule has 216 valence electrons. The lowest BCUT2D eigenvalue weighted by Gasteiger charge is -2.29. The van der Waals surface area contributed by atoms with Crippen molar-refractivity contribution in [1.29, 1.82) is 0 Å². The van der Waals surface area contributed by atoms with E-state index < -0.39 is 35.2 Å². The van der Waals surface area contributed by atoms with Crippen LogP contribution in [-0.2, 0) is 16.1 Å². The minimum absolute atomic E-state index is 0.0726. The third-order valence-corrected chi connectivity index (χ3v) is 8.65. The molecule has 4 aromatic rings. The van der Waals surface area contributed by atoms with Gasteiger partial charge in [0.2, 0.25) is 5.91 Å². The molecular formula is C28H26BrFN8O4. The van der Waals surface area contributed by atoms with Crippen molar-refractivity contribution < 1.29 is 23.9 Å². The zero-order valence-electron chi connectivity index (χ0n) is 23.1. The average molecular weight is 637 g/mol. The number of nitrogens with zero attached hydrogens (tertiary/aromatic N) is 7. The minimum atomic E-state index is -1.20. The van der Waals surface area contributed by atoms with Gasteiger partial charge in [-0.3, -0.25) is 24.0 Å². The Morgan fingerprint density at radius 1 is 1.17 bits per heavy atom. The van der Waals surface area contributed by atoms with Gasteiger partial charge in [0.25, 0.3) is 5.91 Å². The lowest BCUT2D eigenvalue weighted by molar-refractivity contribution is -0.141. The van der Waals surface area contributed by atoms with E-state index in [9.17, 15) is 23.9 Å². The molecule has 0 spiro atoms. The first-order valence-corrected chi connectivity index (χ1v) is 14.0. The van der Waals surface area contributed by atoms with Crippen molar-refractivity contribution in [3.8, 4) is 11.3 Å². The number of nitrogens with one attached hydrogen (secondary N) is 1. The summed E-state index contributed by atoms with van der Waals surface area (Å²) in [7, 11) is 0. The lowest BCUT2D eigenvalue weighted by atomic mass is 9.97. The van der Waals surface area contributed by atoms with Gasteiger partial charge in [-0.2, -0.15) is 5.10 Å². The summed E-state index contributed by atoms with van der Waals surface area (Å²) in [6.07, 6.45) is 4.21. The number of amides is 2. The molecule has 6 rings (SSSR count). The molecule has 1 aliphatic heterocycles. The van der Waals surface area contributed by atoms with E-state index >= 15 is 0 Å². The van der Waals surface area contributed by atoms with E-state index in [1.54, 1.807) is 32.3 Å². The van der Waals surface area contributed by atoms with Gasteiger partial charge >= 0.3 is 0 Å². The molecule has 12 nitrogen and oxygen atoms in total. The van der Waals surface area contributed by atoms with Gasteiger partial charge in [-0.1, -0.05) is 6.92 Å². The van der Waals surface area contributed by atoms with Gasteiger partial charge < -0.3 is 15.3 Å². The molecule has 0 bridgehead atoms. The third kappa shape index (κ3) is 4.54. The Kier molecular flexibility index (Phi) is 6.65. The van der Waals surface area contributed by atoms with Crippen LogP contribution in [0.15, 0.2) is 35.3 Å². The number of carbonyl (C=O) groups is 3. The summed E-state index contributed by atoms with van der Waals surface area (Å²) in [5.41, 5.74) is 1.57. The van der Waals surface area contributed by atoms with Crippen LogP contribution in [0.3, 0.4) is 0 Å². The van der Waals surface area contributed by atoms with Crippen LogP contribution in [0.25, 0.3) is 22.2 Å². The zero-order chi connectivity index (χ0) is 30.1. The average Bonchev–Trinajstić information content (AvgIpc) is 3.41. The van der Waals surface area contributed by atoms with Gasteiger partial charge in [-0.25, -0.2) is 19.3 Å². The van der Waals surface area contributed by atoms with Crippen molar-refractivity contribution in [2.24, 2.45) is 5.41 Å². The maximum absolute atomic E-state index is 13.9. The van der Waals surface area contributed by atoms with Crippen LogP contribution >= 0.6 is 15.9 Å². The second kappa shape index (κ2) is 9.98. The number of rotatable bonds is 6. The molecule has 14 heteroatoms. The Morgan fingerprint density at radius 2 is 1.88 bits per heavy atom. The van der Waals surface area contributed by atoms with Crippen molar-refractivity contribution >= 4 is 50.2 Å². The van der Waals surface area contributed by atoms with Crippen molar-refractivity contribution in [2.45, 2.75) is 58.8 Å². The molecule has 0 aromatic carbocycles. The second-order valence-electron chi connectivity index (χ2n) is 11.0. The monoisotopic (exact) mass is 636 g/mol. The van der Waals surface area contributed by atoms with Crippen molar-refractivity contribution in [3.05, 3.63) is 58.2 Å². The molecule has 2 fully saturated rings. The summed E-state index contributed by atoms with van der Waals surface area (Å²) in [5.74, 6) is -1.25. The van der Waals surface area contributed by atoms with Gasteiger partial charge in [0.15, 0.2) is 11.6 Å².